The van der Waals surface area contributed by atoms with Crippen molar-refractivity contribution in [3.8, 4) is 0 Å². The Morgan fingerprint density at radius 1 is 0.781 bits per heavy atom. The lowest BCUT2D eigenvalue weighted by Gasteiger charge is -2.09. The summed E-state index contributed by atoms with van der Waals surface area (Å²) in [6.07, 6.45) is 0. The Morgan fingerprint density at radius 2 is 1.53 bits per heavy atom. The van der Waals surface area contributed by atoms with Crippen LogP contribution in [0.15, 0.2) is 101 Å². The van der Waals surface area contributed by atoms with Crippen LogP contribution in [0.4, 0.5) is 0 Å². The highest BCUT2D eigenvalue weighted by Crippen LogP contribution is 2.23. The Labute approximate surface area is 189 Å². The van der Waals surface area contributed by atoms with E-state index >= 15 is 0 Å². The molecule has 160 valence electrons. The van der Waals surface area contributed by atoms with Gasteiger partial charge in [-0.25, -0.2) is 13.1 Å². The number of nitrogens with zero attached hydrogens (tertiary/aromatic N) is 1. The maximum atomic E-state index is 12.9. The second-order valence-corrected chi connectivity index (χ2v) is 10.3. The van der Waals surface area contributed by atoms with Gasteiger partial charge in [0.15, 0.2) is 0 Å². The first-order valence-electron chi connectivity index (χ1n) is 10.1. The van der Waals surface area contributed by atoms with Crippen LogP contribution in [-0.2, 0) is 23.1 Å². The summed E-state index contributed by atoms with van der Waals surface area (Å²) in [5, 5.41) is 2.18. The van der Waals surface area contributed by atoms with Crippen molar-refractivity contribution in [2.75, 3.05) is 0 Å². The number of hydrogen-bond donors (Lipinski definition) is 1. The van der Waals surface area contributed by atoms with Crippen LogP contribution in [0, 0.1) is 0 Å². The summed E-state index contributed by atoms with van der Waals surface area (Å²) in [7, 11) is -3.72. The molecule has 1 heterocycles. The molecule has 1 aromatic heterocycles. The van der Waals surface area contributed by atoms with Gasteiger partial charge in [-0.1, -0.05) is 78.1 Å². The molecule has 5 nitrogen and oxygen atoms in total. The minimum Gasteiger partial charge on any atom is -0.294 e. The van der Waals surface area contributed by atoms with Gasteiger partial charge >= 0.3 is 4.87 Å². The molecule has 0 spiro atoms. The van der Waals surface area contributed by atoms with Crippen LogP contribution in [0.1, 0.15) is 11.1 Å². The normalized spacial score (nSPS) is 11.9. The fourth-order valence-corrected chi connectivity index (χ4v) is 5.79. The summed E-state index contributed by atoms with van der Waals surface area (Å²) >= 11 is 1.06. The van der Waals surface area contributed by atoms with Crippen molar-refractivity contribution in [2.24, 2.45) is 0 Å². The van der Waals surface area contributed by atoms with Gasteiger partial charge in [-0.05, 0) is 46.2 Å². The number of aromatic nitrogens is 1. The van der Waals surface area contributed by atoms with Crippen LogP contribution >= 0.6 is 11.3 Å². The van der Waals surface area contributed by atoms with Gasteiger partial charge in [0.05, 0.1) is 21.7 Å². The van der Waals surface area contributed by atoms with Crippen LogP contribution in [0.5, 0.6) is 0 Å². The molecule has 4 aromatic carbocycles. The number of hydrogen-bond acceptors (Lipinski definition) is 4. The van der Waals surface area contributed by atoms with Gasteiger partial charge in [0.2, 0.25) is 10.0 Å². The number of fused-ring (bicyclic) bond motifs is 2. The van der Waals surface area contributed by atoms with E-state index in [0.29, 0.717) is 11.2 Å². The molecule has 7 heteroatoms. The molecular formula is C25H20N2O3S2. The van der Waals surface area contributed by atoms with Gasteiger partial charge < -0.3 is 0 Å². The predicted molar refractivity (Wildman–Crippen MR) is 130 cm³/mol. The molecule has 0 fully saturated rings. The molecule has 0 amide bonds. The second-order valence-electron chi connectivity index (χ2n) is 7.58. The lowest BCUT2D eigenvalue weighted by atomic mass is 10.1. The topological polar surface area (TPSA) is 68.2 Å². The maximum absolute atomic E-state index is 12.9. The average molecular weight is 461 g/mol. The summed E-state index contributed by atoms with van der Waals surface area (Å²) in [5.41, 5.74) is 2.63. The summed E-state index contributed by atoms with van der Waals surface area (Å²) in [4.78, 5) is 12.6. The zero-order chi connectivity index (χ0) is 22.1. The first kappa shape index (κ1) is 20.6. The average Bonchev–Trinajstić information content (AvgIpc) is 3.12. The largest absolute Gasteiger partial charge is 0.308 e. The third-order valence-corrected chi connectivity index (χ3v) is 7.75. The van der Waals surface area contributed by atoms with E-state index in [9.17, 15) is 13.2 Å². The van der Waals surface area contributed by atoms with E-state index in [1.54, 1.807) is 22.8 Å². The monoisotopic (exact) mass is 460 g/mol. The van der Waals surface area contributed by atoms with E-state index in [4.69, 9.17) is 0 Å². The zero-order valence-electron chi connectivity index (χ0n) is 17.1. The van der Waals surface area contributed by atoms with Gasteiger partial charge in [-0.3, -0.25) is 9.36 Å². The Balaban J connectivity index is 1.40. The fourth-order valence-electron chi connectivity index (χ4n) is 3.74. The first-order valence-corrected chi connectivity index (χ1v) is 12.4. The number of benzene rings is 4. The molecule has 5 rings (SSSR count). The van der Waals surface area contributed by atoms with Gasteiger partial charge in [0.1, 0.15) is 0 Å². The van der Waals surface area contributed by atoms with Crippen LogP contribution in [0.2, 0.25) is 0 Å². The third kappa shape index (κ3) is 4.10. The molecule has 32 heavy (non-hydrogen) atoms. The van der Waals surface area contributed by atoms with Crippen LogP contribution in [-0.4, -0.2) is 13.0 Å². The highest BCUT2D eigenvalue weighted by molar-refractivity contribution is 7.89. The minimum atomic E-state index is -3.72. The SMILES string of the molecule is O=c1sc2cc(S(=O)(=O)NCc3ccc4ccccc4c3)ccc2n1Cc1ccccc1. The predicted octanol–water partition coefficient (Wildman–Crippen LogP) is 4.74. The quantitative estimate of drug-likeness (QED) is 0.398. The number of sulfonamides is 1. The first-order chi connectivity index (χ1) is 15.5. The van der Waals surface area contributed by atoms with Crippen molar-refractivity contribution in [1.29, 1.82) is 0 Å². The van der Waals surface area contributed by atoms with E-state index < -0.39 is 10.0 Å². The summed E-state index contributed by atoms with van der Waals surface area (Å²) in [5.74, 6) is 0. The lowest BCUT2D eigenvalue weighted by Crippen LogP contribution is -2.23. The number of rotatable bonds is 6. The van der Waals surface area contributed by atoms with Crippen LogP contribution in [0.3, 0.4) is 0 Å². The van der Waals surface area contributed by atoms with Gasteiger partial charge in [-0.2, -0.15) is 0 Å². The molecular weight excluding hydrogens is 440 g/mol. The third-order valence-electron chi connectivity index (χ3n) is 5.41. The van der Waals surface area contributed by atoms with Crippen molar-refractivity contribution in [3.05, 3.63) is 112 Å². The molecule has 0 atom stereocenters. The van der Waals surface area contributed by atoms with Gasteiger partial charge in [0, 0.05) is 6.54 Å². The zero-order valence-corrected chi connectivity index (χ0v) is 18.7. The van der Waals surface area contributed by atoms with Gasteiger partial charge in [-0.15, -0.1) is 0 Å². The smallest absolute Gasteiger partial charge is 0.294 e. The molecule has 0 aliphatic carbocycles. The highest BCUT2D eigenvalue weighted by atomic mass is 32.2. The van der Waals surface area contributed by atoms with E-state index in [-0.39, 0.29) is 16.3 Å². The minimum absolute atomic E-state index is 0.109. The molecule has 0 bridgehead atoms. The van der Waals surface area contributed by atoms with Crippen molar-refractivity contribution >= 4 is 42.3 Å². The van der Waals surface area contributed by atoms with Gasteiger partial charge in [0.25, 0.3) is 0 Å². The molecule has 0 saturated heterocycles. The molecule has 0 aliphatic heterocycles. The summed E-state index contributed by atoms with van der Waals surface area (Å²) < 4.78 is 30.8. The van der Waals surface area contributed by atoms with Crippen molar-refractivity contribution in [2.45, 2.75) is 18.0 Å². The Hall–Kier alpha value is -3.26. The van der Waals surface area contributed by atoms with E-state index in [0.717, 1.165) is 38.8 Å². The van der Waals surface area contributed by atoms with Crippen molar-refractivity contribution in [3.63, 3.8) is 0 Å². The van der Waals surface area contributed by atoms with E-state index in [1.807, 2.05) is 72.8 Å². The molecule has 0 unspecified atom stereocenters. The maximum Gasteiger partial charge on any atom is 0.308 e. The molecule has 0 saturated carbocycles. The Morgan fingerprint density at radius 3 is 2.34 bits per heavy atom. The molecule has 1 N–H and O–H groups in total. The van der Waals surface area contributed by atoms with E-state index in [2.05, 4.69) is 4.72 Å². The van der Waals surface area contributed by atoms with Crippen molar-refractivity contribution < 1.29 is 8.42 Å². The van der Waals surface area contributed by atoms with Crippen LogP contribution in [0.25, 0.3) is 21.0 Å². The fraction of sp³-hybridized carbons (Fsp3) is 0.0800. The highest BCUT2D eigenvalue weighted by Gasteiger charge is 2.17. The number of thiazole rings is 1. The Bertz CT molecular complexity index is 1590. The Kier molecular flexibility index (Phi) is 5.38. The molecule has 5 aromatic rings. The summed E-state index contributed by atoms with van der Waals surface area (Å²) in [6, 6.07) is 28.4. The lowest BCUT2D eigenvalue weighted by molar-refractivity contribution is 0.581. The molecule has 0 radical (unpaired) electrons. The second kappa shape index (κ2) is 8.35. The standard InChI is InChI=1S/C25H20N2O3S2/c28-25-27(17-18-6-2-1-3-7-18)23-13-12-22(15-24(23)31-25)32(29,30)26-16-19-10-11-20-8-4-5-9-21(20)14-19/h1-15,26H,16-17H2. The van der Waals surface area contributed by atoms with E-state index in [1.165, 1.54) is 0 Å². The van der Waals surface area contributed by atoms with Crippen molar-refractivity contribution in [1.82, 2.24) is 9.29 Å². The summed E-state index contributed by atoms with van der Waals surface area (Å²) in [6.45, 7) is 0.641. The van der Waals surface area contributed by atoms with Crippen LogP contribution < -0.4 is 9.60 Å². The number of nitrogens with one attached hydrogen (secondary N) is 1. The molecule has 0 aliphatic rings.